The van der Waals surface area contributed by atoms with Crippen LogP contribution in [0.25, 0.3) is 0 Å². The molecule has 1 fully saturated rings. The summed E-state index contributed by atoms with van der Waals surface area (Å²) in [4.78, 5) is 15.1. The lowest BCUT2D eigenvalue weighted by molar-refractivity contribution is 0.102. The summed E-state index contributed by atoms with van der Waals surface area (Å²) >= 11 is 6.53. The number of alkyl halides is 2. The Morgan fingerprint density at radius 2 is 1.85 bits per heavy atom. The van der Waals surface area contributed by atoms with Crippen LogP contribution in [-0.4, -0.2) is 38.0 Å². The van der Waals surface area contributed by atoms with Crippen molar-refractivity contribution in [2.24, 2.45) is 0 Å². The molecule has 8 heteroatoms. The predicted molar refractivity (Wildman–Crippen MR) is 101 cm³/mol. The van der Waals surface area contributed by atoms with Crippen molar-refractivity contribution in [2.45, 2.75) is 10.7 Å². The smallest absolute Gasteiger partial charge is 0.288 e. The normalized spacial score (nSPS) is 14.5. The highest BCUT2D eigenvalue weighted by Gasteiger charge is 2.17. The summed E-state index contributed by atoms with van der Waals surface area (Å²) < 4.78 is 30.1. The molecule has 4 nitrogen and oxygen atoms in total. The molecular formula is C18H17ClF2N2O2S. The first-order valence-electron chi connectivity index (χ1n) is 8.01. The molecule has 2 aromatic rings. The average molecular weight is 399 g/mol. The van der Waals surface area contributed by atoms with E-state index in [9.17, 15) is 13.6 Å². The SMILES string of the molecule is O=C(Nc1cc(Cl)ccc1N1CCOCC1)c1ccc(SC(F)F)cc1. The number of carbonyl (C=O) groups excluding carboxylic acids is 1. The van der Waals surface area contributed by atoms with Crippen LogP contribution < -0.4 is 10.2 Å². The molecule has 1 saturated heterocycles. The number of amides is 1. The molecule has 1 amide bonds. The highest BCUT2D eigenvalue weighted by atomic mass is 35.5. The number of hydrogen-bond donors (Lipinski definition) is 1. The number of thioether (sulfide) groups is 1. The number of anilines is 2. The van der Waals surface area contributed by atoms with Crippen LogP contribution in [0.4, 0.5) is 20.2 Å². The second-order valence-electron chi connectivity index (χ2n) is 5.62. The molecule has 2 aromatic carbocycles. The van der Waals surface area contributed by atoms with E-state index in [1.807, 2.05) is 6.07 Å². The second kappa shape index (κ2) is 8.70. The number of benzene rings is 2. The average Bonchev–Trinajstić information content (AvgIpc) is 2.62. The number of nitrogens with zero attached hydrogens (tertiary/aromatic N) is 1. The van der Waals surface area contributed by atoms with Gasteiger partial charge in [-0.2, -0.15) is 8.78 Å². The van der Waals surface area contributed by atoms with Crippen molar-refractivity contribution in [3.63, 3.8) is 0 Å². The van der Waals surface area contributed by atoms with E-state index < -0.39 is 5.76 Å². The van der Waals surface area contributed by atoms with Crippen molar-refractivity contribution < 1.29 is 18.3 Å². The van der Waals surface area contributed by atoms with Gasteiger partial charge < -0.3 is 15.0 Å². The molecule has 0 atom stereocenters. The van der Waals surface area contributed by atoms with Crippen molar-refractivity contribution in [3.05, 3.63) is 53.1 Å². The van der Waals surface area contributed by atoms with E-state index in [4.69, 9.17) is 16.3 Å². The molecule has 1 aliphatic rings. The van der Waals surface area contributed by atoms with Gasteiger partial charge in [-0.1, -0.05) is 23.4 Å². The fourth-order valence-corrected chi connectivity index (χ4v) is 3.34. The Labute approximate surface area is 159 Å². The van der Waals surface area contributed by atoms with Crippen LogP contribution in [0, 0.1) is 0 Å². The van der Waals surface area contributed by atoms with Gasteiger partial charge >= 0.3 is 0 Å². The highest BCUT2D eigenvalue weighted by Crippen LogP contribution is 2.31. The lowest BCUT2D eigenvalue weighted by Gasteiger charge is -2.30. The first-order valence-corrected chi connectivity index (χ1v) is 9.27. The lowest BCUT2D eigenvalue weighted by atomic mass is 10.2. The van der Waals surface area contributed by atoms with Crippen LogP contribution in [-0.2, 0) is 4.74 Å². The first-order chi connectivity index (χ1) is 12.5. The number of rotatable bonds is 5. The maximum Gasteiger partial charge on any atom is 0.288 e. The zero-order chi connectivity index (χ0) is 18.5. The largest absolute Gasteiger partial charge is 0.378 e. The van der Waals surface area contributed by atoms with E-state index in [0.29, 0.717) is 46.1 Å². The van der Waals surface area contributed by atoms with Gasteiger partial charge in [-0.05, 0) is 42.5 Å². The Kier molecular flexibility index (Phi) is 6.34. The Bertz CT molecular complexity index is 768. The fraction of sp³-hybridized carbons (Fsp3) is 0.278. The minimum Gasteiger partial charge on any atom is -0.378 e. The van der Waals surface area contributed by atoms with Gasteiger partial charge in [0.15, 0.2) is 0 Å². The molecule has 0 saturated carbocycles. The van der Waals surface area contributed by atoms with E-state index in [2.05, 4.69) is 10.2 Å². The molecule has 0 bridgehead atoms. The van der Waals surface area contributed by atoms with Gasteiger partial charge in [0.05, 0.1) is 24.6 Å². The molecule has 1 aliphatic heterocycles. The maximum atomic E-state index is 12.5. The highest BCUT2D eigenvalue weighted by molar-refractivity contribution is 7.99. The molecule has 0 unspecified atom stereocenters. The quantitative estimate of drug-likeness (QED) is 0.738. The summed E-state index contributed by atoms with van der Waals surface area (Å²) in [6.45, 7) is 2.70. The van der Waals surface area contributed by atoms with Gasteiger partial charge in [0.2, 0.25) is 0 Å². The number of hydrogen-bond acceptors (Lipinski definition) is 4. The van der Waals surface area contributed by atoms with E-state index in [-0.39, 0.29) is 5.91 Å². The molecule has 3 rings (SSSR count). The van der Waals surface area contributed by atoms with E-state index in [0.717, 1.165) is 18.8 Å². The van der Waals surface area contributed by atoms with Crippen molar-refractivity contribution >= 4 is 40.6 Å². The molecule has 0 spiro atoms. The van der Waals surface area contributed by atoms with Crippen LogP contribution in [0.1, 0.15) is 10.4 Å². The zero-order valence-electron chi connectivity index (χ0n) is 13.8. The first kappa shape index (κ1) is 18.9. The topological polar surface area (TPSA) is 41.6 Å². The van der Waals surface area contributed by atoms with Crippen LogP contribution >= 0.6 is 23.4 Å². The Hall–Kier alpha value is -1.83. The number of morpholine rings is 1. The summed E-state index contributed by atoms with van der Waals surface area (Å²) in [7, 11) is 0. The molecule has 0 aliphatic carbocycles. The van der Waals surface area contributed by atoms with Gasteiger partial charge in [0.1, 0.15) is 0 Å². The number of ether oxygens (including phenoxy) is 1. The minimum absolute atomic E-state index is 0.324. The molecular weight excluding hydrogens is 382 g/mol. The van der Waals surface area contributed by atoms with E-state index >= 15 is 0 Å². The molecule has 1 N–H and O–H groups in total. The van der Waals surface area contributed by atoms with Gasteiger partial charge in [0.25, 0.3) is 11.7 Å². The third-order valence-electron chi connectivity index (χ3n) is 3.90. The van der Waals surface area contributed by atoms with Crippen LogP contribution in [0.3, 0.4) is 0 Å². The van der Waals surface area contributed by atoms with Crippen LogP contribution in [0.2, 0.25) is 5.02 Å². The van der Waals surface area contributed by atoms with Crippen molar-refractivity contribution in [1.29, 1.82) is 0 Å². The molecule has 1 heterocycles. The monoisotopic (exact) mass is 398 g/mol. The van der Waals surface area contributed by atoms with Gasteiger partial charge in [-0.3, -0.25) is 4.79 Å². The van der Waals surface area contributed by atoms with Crippen molar-refractivity contribution in [2.75, 3.05) is 36.5 Å². The van der Waals surface area contributed by atoms with E-state index in [1.165, 1.54) is 24.3 Å². The van der Waals surface area contributed by atoms with Gasteiger partial charge in [-0.15, -0.1) is 0 Å². The number of halogens is 3. The van der Waals surface area contributed by atoms with Gasteiger partial charge in [-0.25, -0.2) is 0 Å². The summed E-state index contributed by atoms with van der Waals surface area (Å²) in [6, 6.07) is 11.4. The minimum atomic E-state index is -2.49. The Balaban J connectivity index is 1.77. The predicted octanol–water partition coefficient (Wildman–Crippen LogP) is 4.74. The van der Waals surface area contributed by atoms with Crippen LogP contribution in [0.5, 0.6) is 0 Å². The second-order valence-corrected chi connectivity index (χ2v) is 7.12. The molecule has 26 heavy (non-hydrogen) atoms. The Morgan fingerprint density at radius 3 is 2.50 bits per heavy atom. The molecule has 138 valence electrons. The standard InChI is InChI=1S/C18H17ClF2N2O2S/c19-13-3-6-16(23-7-9-25-10-8-23)15(11-13)22-17(24)12-1-4-14(5-2-12)26-18(20)21/h1-6,11,18H,7-10H2,(H,22,24). The maximum absolute atomic E-state index is 12.5. The summed E-state index contributed by atoms with van der Waals surface area (Å²) in [6.07, 6.45) is 0. The lowest BCUT2D eigenvalue weighted by Crippen LogP contribution is -2.36. The number of nitrogens with one attached hydrogen (secondary N) is 1. The van der Waals surface area contributed by atoms with E-state index in [1.54, 1.807) is 12.1 Å². The summed E-state index contributed by atoms with van der Waals surface area (Å²) in [5, 5.41) is 3.38. The Morgan fingerprint density at radius 1 is 1.15 bits per heavy atom. The summed E-state index contributed by atoms with van der Waals surface area (Å²) in [5.41, 5.74) is 1.86. The molecule has 0 aromatic heterocycles. The third-order valence-corrected chi connectivity index (χ3v) is 4.86. The van der Waals surface area contributed by atoms with Crippen molar-refractivity contribution in [3.8, 4) is 0 Å². The zero-order valence-corrected chi connectivity index (χ0v) is 15.3. The summed E-state index contributed by atoms with van der Waals surface area (Å²) in [5.74, 6) is -2.81. The molecule has 0 radical (unpaired) electrons. The van der Waals surface area contributed by atoms with Gasteiger partial charge in [0, 0.05) is 28.6 Å². The fourth-order valence-electron chi connectivity index (χ4n) is 2.67. The number of carbonyl (C=O) groups is 1. The van der Waals surface area contributed by atoms with Crippen LogP contribution in [0.15, 0.2) is 47.4 Å². The van der Waals surface area contributed by atoms with Crippen molar-refractivity contribution in [1.82, 2.24) is 0 Å². The third kappa shape index (κ3) is 4.87.